The first-order valence-corrected chi connectivity index (χ1v) is 8.86. The van der Waals surface area contributed by atoms with Crippen molar-refractivity contribution in [1.29, 1.82) is 5.26 Å². The average molecular weight is 428 g/mol. The van der Waals surface area contributed by atoms with Gasteiger partial charge in [-0.15, -0.1) is 0 Å². The van der Waals surface area contributed by atoms with Gasteiger partial charge in [0.2, 0.25) is 0 Å². The zero-order valence-corrected chi connectivity index (χ0v) is 16.1. The molecule has 0 saturated carbocycles. The summed E-state index contributed by atoms with van der Waals surface area (Å²) in [6, 6.07) is 15.3. The maximum Gasteiger partial charge on any atom is 0.270 e. The number of nitro groups is 1. The van der Waals surface area contributed by atoms with Crippen LogP contribution in [-0.2, 0) is 4.79 Å². The summed E-state index contributed by atoms with van der Waals surface area (Å²) in [7, 11) is 0. The zero-order chi connectivity index (χ0) is 21.0. The highest BCUT2D eigenvalue weighted by molar-refractivity contribution is 6.33. The number of anilines is 1. The van der Waals surface area contributed by atoms with Crippen LogP contribution in [0.4, 0.5) is 11.4 Å². The summed E-state index contributed by atoms with van der Waals surface area (Å²) in [6.45, 7) is 0. The van der Waals surface area contributed by atoms with Gasteiger partial charge < -0.3 is 9.73 Å². The van der Waals surface area contributed by atoms with E-state index >= 15 is 0 Å². The van der Waals surface area contributed by atoms with Crippen molar-refractivity contribution in [3.05, 3.63) is 86.1 Å². The first kappa shape index (κ1) is 20.1. The Morgan fingerprint density at radius 1 is 1.14 bits per heavy atom. The van der Waals surface area contributed by atoms with E-state index in [-0.39, 0.29) is 27.8 Å². The van der Waals surface area contributed by atoms with Crippen molar-refractivity contribution in [2.75, 3.05) is 5.32 Å². The second-order valence-electron chi connectivity index (χ2n) is 5.75. The monoisotopic (exact) mass is 427 g/mol. The van der Waals surface area contributed by atoms with Crippen LogP contribution >= 0.6 is 23.2 Å². The Balaban J connectivity index is 1.85. The minimum absolute atomic E-state index is 0.141. The van der Waals surface area contributed by atoms with Crippen LogP contribution in [0.1, 0.15) is 5.76 Å². The number of nitrogens with zero attached hydrogens (tertiary/aromatic N) is 2. The number of carbonyl (C=O) groups is 1. The quantitative estimate of drug-likeness (QED) is 0.242. The molecule has 144 valence electrons. The number of amides is 1. The number of hydrogen-bond donors (Lipinski definition) is 1. The van der Waals surface area contributed by atoms with Crippen LogP contribution in [0.5, 0.6) is 0 Å². The summed E-state index contributed by atoms with van der Waals surface area (Å²) in [5.41, 5.74) is 0.470. The Labute approximate surface area is 174 Å². The van der Waals surface area contributed by atoms with Crippen molar-refractivity contribution in [3.63, 3.8) is 0 Å². The van der Waals surface area contributed by atoms with Crippen LogP contribution in [0.3, 0.4) is 0 Å². The van der Waals surface area contributed by atoms with E-state index in [0.29, 0.717) is 16.3 Å². The highest BCUT2D eigenvalue weighted by Crippen LogP contribution is 2.33. The molecule has 9 heteroatoms. The molecule has 0 aliphatic rings. The molecule has 0 unspecified atom stereocenters. The standard InChI is InChI=1S/C20H11Cl2N3O4/c21-13-1-3-14(4-2-13)24-20(26)12(11-23)9-16-6-8-19(29-16)17-10-15(25(27)28)5-7-18(17)22/h1-10H,(H,24,26)/b12-9+. The lowest BCUT2D eigenvalue weighted by molar-refractivity contribution is -0.384. The Morgan fingerprint density at radius 2 is 1.86 bits per heavy atom. The Hall–Kier alpha value is -3.60. The fourth-order valence-corrected chi connectivity index (χ4v) is 2.75. The van der Waals surface area contributed by atoms with Gasteiger partial charge in [-0.3, -0.25) is 14.9 Å². The van der Waals surface area contributed by atoms with Crippen molar-refractivity contribution in [3.8, 4) is 17.4 Å². The van der Waals surface area contributed by atoms with E-state index in [0.717, 1.165) is 0 Å². The number of non-ortho nitro benzene ring substituents is 1. The molecular weight excluding hydrogens is 417 g/mol. The molecule has 0 atom stereocenters. The van der Waals surface area contributed by atoms with Crippen LogP contribution < -0.4 is 5.32 Å². The van der Waals surface area contributed by atoms with E-state index < -0.39 is 10.8 Å². The minimum Gasteiger partial charge on any atom is -0.457 e. The molecule has 1 aromatic heterocycles. The molecule has 0 saturated heterocycles. The molecular formula is C20H11Cl2N3O4. The largest absolute Gasteiger partial charge is 0.457 e. The molecule has 3 rings (SSSR count). The van der Waals surface area contributed by atoms with Gasteiger partial charge >= 0.3 is 0 Å². The van der Waals surface area contributed by atoms with Crippen molar-refractivity contribution in [1.82, 2.24) is 0 Å². The van der Waals surface area contributed by atoms with E-state index in [2.05, 4.69) is 5.32 Å². The molecule has 0 aliphatic heterocycles. The highest BCUT2D eigenvalue weighted by atomic mass is 35.5. The van der Waals surface area contributed by atoms with Crippen LogP contribution in [-0.4, -0.2) is 10.8 Å². The summed E-state index contributed by atoms with van der Waals surface area (Å²) in [5, 5.41) is 23.6. The number of rotatable bonds is 5. The first-order valence-electron chi connectivity index (χ1n) is 8.10. The average Bonchev–Trinajstić information content (AvgIpc) is 3.16. The van der Waals surface area contributed by atoms with Gasteiger partial charge in [0.05, 0.1) is 9.95 Å². The van der Waals surface area contributed by atoms with Gasteiger partial charge in [-0.2, -0.15) is 5.26 Å². The second-order valence-corrected chi connectivity index (χ2v) is 6.60. The molecule has 1 heterocycles. The Bertz CT molecular complexity index is 1160. The normalized spacial score (nSPS) is 11.0. The summed E-state index contributed by atoms with van der Waals surface area (Å²) in [5.74, 6) is -0.146. The number of carbonyl (C=O) groups excluding carboxylic acids is 1. The number of furan rings is 1. The van der Waals surface area contributed by atoms with Gasteiger partial charge in [0.25, 0.3) is 11.6 Å². The molecule has 0 bridgehead atoms. The van der Waals surface area contributed by atoms with Gasteiger partial charge in [-0.05, 0) is 42.5 Å². The predicted molar refractivity (Wildman–Crippen MR) is 109 cm³/mol. The molecule has 7 nitrogen and oxygen atoms in total. The molecule has 0 aliphatic carbocycles. The third-order valence-corrected chi connectivity index (χ3v) is 4.39. The molecule has 0 radical (unpaired) electrons. The van der Waals surface area contributed by atoms with E-state index in [1.54, 1.807) is 30.3 Å². The van der Waals surface area contributed by atoms with Crippen molar-refractivity contribution >= 4 is 46.6 Å². The van der Waals surface area contributed by atoms with Gasteiger partial charge in [0.15, 0.2) is 0 Å². The molecule has 1 N–H and O–H groups in total. The molecule has 1 amide bonds. The summed E-state index contributed by atoms with van der Waals surface area (Å²) >= 11 is 11.9. The van der Waals surface area contributed by atoms with Gasteiger partial charge in [-0.25, -0.2) is 0 Å². The smallest absolute Gasteiger partial charge is 0.270 e. The van der Waals surface area contributed by atoms with E-state index in [1.807, 2.05) is 6.07 Å². The van der Waals surface area contributed by atoms with Gasteiger partial charge in [0, 0.05) is 34.5 Å². The van der Waals surface area contributed by atoms with Crippen molar-refractivity contribution in [2.45, 2.75) is 0 Å². The SMILES string of the molecule is N#C/C(=C\c1ccc(-c2cc([N+](=O)[O-])ccc2Cl)o1)C(=O)Nc1ccc(Cl)cc1. The van der Waals surface area contributed by atoms with E-state index in [1.165, 1.54) is 30.3 Å². The lowest BCUT2D eigenvalue weighted by Gasteiger charge is -2.04. The number of nitrogens with one attached hydrogen (secondary N) is 1. The number of halogens is 2. The first-order chi connectivity index (χ1) is 13.9. The lowest BCUT2D eigenvalue weighted by atomic mass is 10.1. The molecule has 2 aromatic carbocycles. The highest BCUT2D eigenvalue weighted by Gasteiger charge is 2.15. The molecule has 3 aromatic rings. The number of nitriles is 1. The van der Waals surface area contributed by atoms with E-state index in [4.69, 9.17) is 27.6 Å². The van der Waals surface area contributed by atoms with Crippen molar-refractivity contribution < 1.29 is 14.1 Å². The van der Waals surface area contributed by atoms with Gasteiger partial charge in [0.1, 0.15) is 23.2 Å². The van der Waals surface area contributed by atoms with Crippen molar-refractivity contribution in [2.24, 2.45) is 0 Å². The zero-order valence-electron chi connectivity index (χ0n) is 14.6. The van der Waals surface area contributed by atoms with E-state index in [9.17, 15) is 20.2 Å². The second kappa shape index (κ2) is 8.61. The predicted octanol–water partition coefficient (Wildman–Crippen LogP) is 5.71. The maximum atomic E-state index is 12.3. The van der Waals surface area contributed by atoms with Crippen LogP contribution in [0.25, 0.3) is 17.4 Å². The van der Waals surface area contributed by atoms with Crippen LogP contribution in [0.2, 0.25) is 10.0 Å². The summed E-state index contributed by atoms with van der Waals surface area (Å²) in [6.07, 6.45) is 1.26. The Morgan fingerprint density at radius 3 is 2.52 bits per heavy atom. The summed E-state index contributed by atoms with van der Waals surface area (Å²) < 4.78 is 5.60. The molecule has 0 fully saturated rings. The van der Waals surface area contributed by atoms with Gasteiger partial charge in [-0.1, -0.05) is 23.2 Å². The fourth-order valence-electron chi connectivity index (χ4n) is 2.41. The molecule has 0 spiro atoms. The maximum absolute atomic E-state index is 12.3. The fraction of sp³-hybridized carbons (Fsp3) is 0. The third-order valence-electron chi connectivity index (χ3n) is 3.81. The number of nitro benzene ring substituents is 1. The van der Waals surface area contributed by atoms with Crippen LogP contribution in [0.15, 0.2) is 64.6 Å². The minimum atomic E-state index is -0.624. The Kier molecular flexibility index (Phi) is 5.98. The number of hydrogen-bond acceptors (Lipinski definition) is 5. The topological polar surface area (TPSA) is 109 Å². The summed E-state index contributed by atoms with van der Waals surface area (Å²) in [4.78, 5) is 22.7. The lowest BCUT2D eigenvalue weighted by Crippen LogP contribution is -2.13. The molecule has 29 heavy (non-hydrogen) atoms. The van der Waals surface area contributed by atoms with Crippen LogP contribution in [0, 0.1) is 21.4 Å². The third kappa shape index (κ3) is 4.82. The number of benzene rings is 2.